The van der Waals surface area contributed by atoms with Crippen LogP contribution in [0.15, 0.2) is 18.2 Å². The number of aliphatic hydroxyl groups excluding tert-OH is 1. The molecule has 2 fully saturated rings. The standard InChI is InChI=1S/C16H18Cl2N2O4/c17-10-4-5-12(18)14(7-10)24-9-11(21)8-20-15(22)13-3-1-2-6-19(13)16(20)23/h4-5,7,11,13,21H,1-3,6,8-9H2/t11-,13-/m0/s1. The number of carbonyl (C=O) groups excluding carboxylic acids is 2. The number of hydrogen-bond acceptors (Lipinski definition) is 4. The number of benzene rings is 1. The van der Waals surface area contributed by atoms with E-state index in [0.29, 0.717) is 28.8 Å². The molecule has 2 heterocycles. The Bertz CT molecular complexity index is 631. The van der Waals surface area contributed by atoms with E-state index >= 15 is 0 Å². The van der Waals surface area contributed by atoms with Crippen molar-refractivity contribution >= 4 is 35.1 Å². The van der Waals surface area contributed by atoms with E-state index in [1.807, 2.05) is 0 Å². The molecule has 6 nitrogen and oxygen atoms in total. The molecule has 3 rings (SSSR count). The third-order valence-corrected chi connectivity index (χ3v) is 4.80. The molecule has 1 aromatic rings. The van der Waals surface area contributed by atoms with Crippen LogP contribution in [0.5, 0.6) is 5.75 Å². The molecule has 2 aliphatic heterocycles. The molecule has 1 N–H and O–H groups in total. The maximum absolute atomic E-state index is 12.3. The number of ether oxygens (including phenoxy) is 1. The predicted octanol–water partition coefficient (Wildman–Crippen LogP) is 2.55. The molecule has 2 aliphatic rings. The fourth-order valence-corrected chi connectivity index (χ4v) is 3.39. The molecule has 8 heteroatoms. The second-order valence-electron chi connectivity index (χ2n) is 5.98. The van der Waals surface area contributed by atoms with Crippen LogP contribution in [0.1, 0.15) is 19.3 Å². The highest BCUT2D eigenvalue weighted by molar-refractivity contribution is 6.34. The van der Waals surface area contributed by atoms with Crippen molar-refractivity contribution in [2.24, 2.45) is 0 Å². The molecule has 0 aromatic heterocycles. The first-order valence-corrected chi connectivity index (χ1v) is 8.61. The van der Waals surface area contributed by atoms with Gasteiger partial charge in [-0.1, -0.05) is 23.2 Å². The normalized spacial score (nSPS) is 21.9. The van der Waals surface area contributed by atoms with Crippen molar-refractivity contribution in [3.63, 3.8) is 0 Å². The maximum Gasteiger partial charge on any atom is 0.327 e. The molecule has 0 radical (unpaired) electrons. The fourth-order valence-electron chi connectivity index (χ4n) is 3.05. The second-order valence-corrected chi connectivity index (χ2v) is 6.82. The quantitative estimate of drug-likeness (QED) is 0.806. The van der Waals surface area contributed by atoms with Crippen LogP contribution >= 0.6 is 23.2 Å². The highest BCUT2D eigenvalue weighted by Gasteiger charge is 2.46. The Labute approximate surface area is 149 Å². The number of imide groups is 1. The summed E-state index contributed by atoms with van der Waals surface area (Å²) in [4.78, 5) is 27.3. The Morgan fingerprint density at radius 2 is 2.08 bits per heavy atom. The zero-order valence-electron chi connectivity index (χ0n) is 13.0. The van der Waals surface area contributed by atoms with E-state index in [4.69, 9.17) is 27.9 Å². The third-order valence-electron chi connectivity index (χ3n) is 4.25. The number of hydrogen-bond donors (Lipinski definition) is 1. The molecule has 0 bridgehead atoms. The van der Waals surface area contributed by atoms with Gasteiger partial charge in [-0.15, -0.1) is 0 Å². The van der Waals surface area contributed by atoms with Gasteiger partial charge in [0, 0.05) is 17.6 Å². The van der Waals surface area contributed by atoms with Gasteiger partial charge in [-0.2, -0.15) is 0 Å². The third kappa shape index (κ3) is 3.45. The van der Waals surface area contributed by atoms with Gasteiger partial charge in [-0.3, -0.25) is 9.69 Å². The minimum absolute atomic E-state index is 0.0944. The summed E-state index contributed by atoms with van der Waals surface area (Å²) >= 11 is 11.9. The molecule has 24 heavy (non-hydrogen) atoms. The van der Waals surface area contributed by atoms with Crippen LogP contribution in [0.25, 0.3) is 0 Å². The summed E-state index contributed by atoms with van der Waals surface area (Å²) in [6, 6.07) is 4.07. The first-order valence-electron chi connectivity index (χ1n) is 7.85. The molecule has 130 valence electrons. The Balaban J connectivity index is 1.58. The lowest BCUT2D eigenvalue weighted by molar-refractivity contribution is -0.129. The van der Waals surface area contributed by atoms with E-state index in [0.717, 1.165) is 17.7 Å². The molecule has 0 saturated carbocycles. The van der Waals surface area contributed by atoms with Crippen LogP contribution in [-0.2, 0) is 4.79 Å². The summed E-state index contributed by atoms with van der Waals surface area (Å²) in [7, 11) is 0. The molecule has 0 unspecified atom stereocenters. The van der Waals surface area contributed by atoms with Gasteiger partial charge in [0.2, 0.25) is 0 Å². The van der Waals surface area contributed by atoms with Crippen molar-refractivity contribution in [3.8, 4) is 5.75 Å². The highest BCUT2D eigenvalue weighted by atomic mass is 35.5. The van der Waals surface area contributed by atoms with Crippen LogP contribution in [0.3, 0.4) is 0 Å². The molecule has 3 amide bonds. The molecular formula is C16H18Cl2N2O4. The molecule has 0 spiro atoms. The summed E-state index contributed by atoms with van der Waals surface area (Å²) in [6.07, 6.45) is 1.52. The molecular weight excluding hydrogens is 355 g/mol. The van der Waals surface area contributed by atoms with E-state index in [-0.39, 0.29) is 31.1 Å². The number of urea groups is 1. The lowest BCUT2D eigenvalue weighted by atomic mass is 10.0. The van der Waals surface area contributed by atoms with E-state index in [1.54, 1.807) is 23.1 Å². The number of β-amino-alcohol motifs (C(OH)–C–C–N with tert-alkyl or cyclic N) is 1. The smallest absolute Gasteiger partial charge is 0.327 e. The number of halogens is 2. The van der Waals surface area contributed by atoms with Gasteiger partial charge in [0.05, 0.1) is 11.6 Å². The van der Waals surface area contributed by atoms with Crippen molar-refractivity contribution < 1.29 is 19.4 Å². The van der Waals surface area contributed by atoms with Crippen LogP contribution in [0.4, 0.5) is 4.79 Å². The van der Waals surface area contributed by atoms with Gasteiger partial charge in [0.15, 0.2) is 0 Å². The summed E-state index contributed by atoms with van der Waals surface area (Å²) in [6.45, 7) is 0.404. The molecule has 2 saturated heterocycles. The highest BCUT2D eigenvalue weighted by Crippen LogP contribution is 2.29. The summed E-state index contributed by atoms with van der Waals surface area (Å²) < 4.78 is 5.45. The van der Waals surface area contributed by atoms with Gasteiger partial charge in [0.1, 0.15) is 24.5 Å². The summed E-state index contributed by atoms with van der Waals surface area (Å²) in [5.74, 6) is 0.110. The number of nitrogens with zero attached hydrogens (tertiary/aromatic N) is 2. The zero-order chi connectivity index (χ0) is 17.3. The minimum Gasteiger partial charge on any atom is -0.489 e. The lowest BCUT2D eigenvalue weighted by Crippen LogP contribution is -2.40. The van der Waals surface area contributed by atoms with E-state index in [2.05, 4.69) is 0 Å². The number of rotatable bonds is 5. The Hall–Kier alpha value is -1.50. The Morgan fingerprint density at radius 1 is 1.29 bits per heavy atom. The zero-order valence-corrected chi connectivity index (χ0v) is 14.5. The monoisotopic (exact) mass is 372 g/mol. The van der Waals surface area contributed by atoms with Crippen molar-refractivity contribution in [1.29, 1.82) is 0 Å². The van der Waals surface area contributed by atoms with Gasteiger partial charge < -0.3 is 14.7 Å². The van der Waals surface area contributed by atoms with Crippen molar-refractivity contribution in [3.05, 3.63) is 28.2 Å². The van der Waals surface area contributed by atoms with E-state index in [9.17, 15) is 14.7 Å². The van der Waals surface area contributed by atoms with Gasteiger partial charge in [-0.25, -0.2) is 4.79 Å². The van der Waals surface area contributed by atoms with Crippen molar-refractivity contribution in [1.82, 2.24) is 9.80 Å². The second kappa shape index (κ2) is 7.17. The number of carbonyl (C=O) groups is 2. The van der Waals surface area contributed by atoms with Crippen LogP contribution < -0.4 is 4.74 Å². The van der Waals surface area contributed by atoms with E-state index < -0.39 is 6.10 Å². The Morgan fingerprint density at radius 3 is 2.83 bits per heavy atom. The SMILES string of the molecule is O=C1[C@@H]2CCCCN2C(=O)N1C[C@H](O)COc1cc(Cl)ccc1Cl. The first kappa shape index (κ1) is 17.3. The number of piperidine rings is 1. The van der Waals surface area contributed by atoms with E-state index in [1.165, 1.54) is 0 Å². The van der Waals surface area contributed by atoms with Gasteiger partial charge >= 0.3 is 6.03 Å². The van der Waals surface area contributed by atoms with Crippen molar-refractivity contribution in [2.45, 2.75) is 31.4 Å². The average Bonchev–Trinajstić information content (AvgIpc) is 2.81. The van der Waals surface area contributed by atoms with Gasteiger partial charge in [0.25, 0.3) is 5.91 Å². The predicted molar refractivity (Wildman–Crippen MR) is 89.4 cm³/mol. The molecule has 2 atom stereocenters. The number of fused-ring (bicyclic) bond motifs is 1. The molecule has 1 aromatic carbocycles. The summed E-state index contributed by atoms with van der Waals surface area (Å²) in [5.41, 5.74) is 0. The largest absolute Gasteiger partial charge is 0.489 e. The van der Waals surface area contributed by atoms with Crippen LogP contribution in [0, 0.1) is 0 Å². The average molecular weight is 373 g/mol. The minimum atomic E-state index is -1.01. The Kier molecular flexibility index (Phi) is 5.18. The topological polar surface area (TPSA) is 70.1 Å². The summed E-state index contributed by atoms with van der Waals surface area (Å²) in [5, 5.41) is 11.0. The number of amides is 3. The lowest BCUT2D eigenvalue weighted by Gasteiger charge is -2.26. The first-order chi connectivity index (χ1) is 11.5. The van der Waals surface area contributed by atoms with Crippen molar-refractivity contribution in [2.75, 3.05) is 19.7 Å². The molecule has 0 aliphatic carbocycles. The van der Waals surface area contributed by atoms with Crippen LogP contribution in [-0.4, -0.2) is 58.7 Å². The van der Waals surface area contributed by atoms with Gasteiger partial charge in [-0.05, 0) is 31.4 Å². The fraction of sp³-hybridized carbons (Fsp3) is 0.500. The maximum atomic E-state index is 12.3. The van der Waals surface area contributed by atoms with Crippen LogP contribution in [0.2, 0.25) is 10.0 Å². The number of aliphatic hydroxyl groups is 1.